The topological polar surface area (TPSA) is 25.2 Å². The highest BCUT2D eigenvalue weighted by molar-refractivity contribution is 9.10. The maximum atomic E-state index is 6.06. The van der Waals surface area contributed by atoms with Gasteiger partial charge >= 0.3 is 0 Å². The fourth-order valence-electron chi connectivity index (χ4n) is 2.27. The summed E-state index contributed by atoms with van der Waals surface area (Å²) in [7, 11) is 0. The Balaban J connectivity index is 2.47. The molecule has 0 atom stereocenters. The zero-order valence-corrected chi connectivity index (χ0v) is 13.9. The first-order valence-corrected chi connectivity index (χ1v) is 7.56. The Morgan fingerprint density at radius 1 is 1.26 bits per heavy atom. The SMILES string of the molecule is CCc1c(CNC(C)(C)C)oc2c(Br)cc(C)cc12. The monoisotopic (exact) mass is 323 g/mol. The van der Waals surface area contributed by atoms with Gasteiger partial charge in [-0.3, -0.25) is 0 Å². The predicted octanol–water partition coefficient (Wildman–Crippen LogP) is 4.95. The summed E-state index contributed by atoms with van der Waals surface area (Å²) in [5, 5.41) is 4.74. The molecular formula is C16H22BrNO. The van der Waals surface area contributed by atoms with E-state index in [2.05, 4.69) is 68.0 Å². The molecule has 3 heteroatoms. The molecule has 0 bridgehead atoms. The molecule has 0 aliphatic carbocycles. The molecule has 2 rings (SSSR count). The van der Waals surface area contributed by atoms with E-state index in [1.54, 1.807) is 0 Å². The van der Waals surface area contributed by atoms with E-state index < -0.39 is 0 Å². The lowest BCUT2D eigenvalue weighted by Crippen LogP contribution is -2.35. The smallest absolute Gasteiger partial charge is 0.148 e. The molecule has 0 saturated heterocycles. The molecule has 104 valence electrons. The van der Waals surface area contributed by atoms with Crippen LogP contribution in [0, 0.1) is 6.92 Å². The van der Waals surface area contributed by atoms with Crippen LogP contribution in [-0.4, -0.2) is 5.54 Å². The molecular weight excluding hydrogens is 302 g/mol. The molecule has 0 radical (unpaired) electrons. The highest BCUT2D eigenvalue weighted by Crippen LogP contribution is 2.33. The second-order valence-corrected chi connectivity index (χ2v) is 6.94. The van der Waals surface area contributed by atoms with Crippen molar-refractivity contribution in [3.8, 4) is 0 Å². The molecule has 0 saturated carbocycles. The third-order valence-corrected chi connectivity index (χ3v) is 3.80. The Labute approximate surface area is 123 Å². The van der Waals surface area contributed by atoms with Crippen LogP contribution in [0.1, 0.15) is 44.6 Å². The number of rotatable bonds is 3. The Hall–Kier alpha value is -0.800. The van der Waals surface area contributed by atoms with Gasteiger partial charge in [0.1, 0.15) is 11.3 Å². The minimum atomic E-state index is 0.0944. The molecule has 19 heavy (non-hydrogen) atoms. The van der Waals surface area contributed by atoms with Gasteiger partial charge in [-0.25, -0.2) is 0 Å². The minimum Gasteiger partial charge on any atom is -0.458 e. The predicted molar refractivity (Wildman–Crippen MR) is 84.6 cm³/mol. The van der Waals surface area contributed by atoms with Gasteiger partial charge in [0, 0.05) is 16.5 Å². The summed E-state index contributed by atoms with van der Waals surface area (Å²) in [6, 6.07) is 4.31. The van der Waals surface area contributed by atoms with E-state index in [0.29, 0.717) is 0 Å². The van der Waals surface area contributed by atoms with E-state index >= 15 is 0 Å². The van der Waals surface area contributed by atoms with Gasteiger partial charge in [-0.05, 0) is 67.7 Å². The van der Waals surface area contributed by atoms with Crippen LogP contribution in [0.25, 0.3) is 11.0 Å². The highest BCUT2D eigenvalue weighted by Gasteiger charge is 2.17. The molecule has 1 aromatic carbocycles. The van der Waals surface area contributed by atoms with Crippen LogP contribution >= 0.6 is 15.9 Å². The van der Waals surface area contributed by atoms with Gasteiger partial charge in [0.2, 0.25) is 0 Å². The molecule has 1 heterocycles. The number of furan rings is 1. The van der Waals surface area contributed by atoms with Gasteiger partial charge in [-0.2, -0.15) is 0 Å². The summed E-state index contributed by atoms with van der Waals surface area (Å²) in [4.78, 5) is 0. The fourth-order valence-corrected chi connectivity index (χ4v) is 2.92. The van der Waals surface area contributed by atoms with Gasteiger partial charge in [0.15, 0.2) is 0 Å². The number of nitrogens with one attached hydrogen (secondary N) is 1. The first kappa shape index (κ1) is 14.6. The quantitative estimate of drug-likeness (QED) is 0.864. The summed E-state index contributed by atoms with van der Waals surface area (Å²) in [5.41, 5.74) is 3.63. The molecule has 0 spiro atoms. The Kier molecular flexibility index (Phi) is 4.07. The highest BCUT2D eigenvalue weighted by atomic mass is 79.9. The summed E-state index contributed by atoms with van der Waals surface area (Å²) in [6.07, 6.45) is 0.990. The van der Waals surface area contributed by atoms with E-state index in [1.807, 2.05) is 0 Å². The van der Waals surface area contributed by atoms with E-state index in [9.17, 15) is 0 Å². The third-order valence-electron chi connectivity index (χ3n) is 3.21. The maximum Gasteiger partial charge on any atom is 0.148 e. The fraction of sp³-hybridized carbons (Fsp3) is 0.500. The van der Waals surface area contributed by atoms with Gasteiger partial charge in [0.05, 0.1) is 11.0 Å². The van der Waals surface area contributed by atoms with E-state index in [-0.39, 0.29) is 5.54 Å². The average molecular weight is 324 g/mol. The summed E-state index contributed by atoms with van der Waals surface area (Å²) in [5.74, 6) is 1.05. The maximum absolute atomic E-state index is 6.06. The van der Waals surface area contributed by atoms with E-state index in [0.717, 1.165) is 28.8 Å². The van der Waals surface area contributed by atoms with Crippen molar-refractivity contribution >= 4 is 26.9 Å². The first-order valence-electron chi connectivity index (χ1n) is 6.77. The van der Waals surface area contributed by atoms with Gasteiger partial charge in [-0.1, -0.05) is 6.92 Å². The molecule has 0 unspecified atom stereocenters. The summed E-state index contributed by atoms with van der Waals surface area (Å²) >= 11 is 3.60. The van der Waals surface area contributed by atoms with Crippen LogP contribution in [0.2, 0.25) is 0 Å². The van der Waals surface area contributed by atoms with Gasteiger partial charge < -0.3 is 9.73 Å². The number of halogens is 1. The van der Waals surface area contributed by atoms with Crippen molar-refractivity contribution in [1.29, 1.82) is 0 Å². The number of aryl methyl sites for hydroxylation is 2. The molecule has 2 aromatic rings. The van der Waals surface area contributed by atoms with Crippen molar-refractivity contribution < 1.29 is 4.42 Å². The minimum absolute atomic E-state index is 0.0944. The van der Waals surface area contributed by atoms with Crippen LogP contribution in [0.3, 0.4) is 0 Å². The lowest BCUT2D eigenvalue weighted by molar-refractivity contribution is 0.393. The molecule has 0 aliphatic heterocycles. The lowest BCUT2D eigenvalue weighted by atomic mass is 10.1. The Morgan fingerprint density at radius 2 is 1.95 bits per heavy atom. The number of hydrogen-bond acceptors (Lipinski definition) is 2. The number of hydrogen-bond donors (Lipinski definition) is 1. The molecule has 1 N–H and O–H groups in total. The molecule has 0 amide bonds. The van der Waals surface area contributed by atoms with E-state index in [4.69, 9.17) is 4.42 Å². The van der Waals surface area contributed by atoms with Crippen LogP contribution in [0.5, 0.6) is 0 Å². The van der Waals surface area contributed by atoms with Crippen molar-refractivity contribution in [3.05, 3.63) is 33.5 Å². The lowest BCUT2D eigenvalue weighted by Gasteiger charge is -2.19. The second-order valence-electron chi connectivity index (χ2n) is 6.08. The zero-order chi connectivity index (χ0) is 14.2. The van der Waals surface area contributed by atoms with Crippen LogP contribution in [0.4, 0.5) is 0 Å². The standard InChI is InChI=1S/C16H22BrNO/c1-6-11-12-7-10(2)8-13(17)15(12)19-14(11)9-18-16(3,4)5/h7-8,18H,6,9H2,1-5H3. The third kappa shape index (κ3) is 3.21. The van der Waals surface area contributed by atoms with Crippen LogP contribution in [0.15, 0.2) is 21.0 Å². The Morgan fingerprint density at radius 3 is 2.53 bits per heavy atom. The first-order chi connectivity index (χ1) is 8.81. The Bertz CT molecular complexity index is 593. The number of fused-ring (bicyclic) bond motifs is 1. The zero-order valence-electron chi connectivity index (χ0n) is 12.4. The summed E-state index contributed by atoms with van der Waals surface area (Å²) in [6.45, 7) is 11.6. The molecule has 0 aliphatic rings. The number of benzene rings is 1. The van der Waals surface area contributed by atoms with E-state index in [1.165, 1.54) is 16.5 Å². The van der Waals surface area contributed by atoms with Gasteiger partial charge in [-0.15, -0.1) is 0 Å². The van der Waals surface area contributed by atoms with Crippen molar-refractivity contribution in [2.24, 2.45) is 0 Å². The van der Waals surface area contributed by atoms with Crippen molar-refractivity contribution in [2.45, 2.75) is 53.1 Å². The van der Waals surface area contributed by atoms with Crippen molar-refractivity contribution in [2.75, 3.05) is 0 Å². The van der Waals surface area contributed by atoms with Crippen LogP contribution in [-0.2, 0) is 13.0 Å². The molecule has 2 nitrogen and oxygen atoms in total. The largest absolute Gasteiger partial charge is 0.458 e. The van der Waals surface area contributed by atoms with Crippen molar-refractivity contribution in [1.82, 2.24) is 5.32 Å². The second kappa shape index (κ2) is 5.29. The van der Waals surface area contributed by atoms with Crippen LogP contribution < -0.4 is 5.32 Å². The normalized spacial score (nSPS) is 12.3. The summed E-state index contributed by atoms with van der Waals surface area (Å²) < 4.78 is 7.10. The van der Waals surface area contributed by atoms with Gasteiger partial charge in [0.25, 0.3) is 0 Å². The van der Waals surface area contributed by atoms with Crippen molar-refractivity contribution in [3.63, 3.8) is 0 Å². The average Bonchev–Trinajstić information content (AvgIpc) is 2.63. The molecule has 1 aromatic heterocycles. The molecule has 0 fully saturated rings.